The van der Waals surface area contributed by atoms with Crippen molar-refractivity contribution >= 4 is 44.6 Å². The highest BCUT2D eigenvalue weighted by Gasteiger charge is 2.41. The molecule has 1 saturated heterocycles. The third-order valence-corrected chi connectivity index (χ3v) is 12.5. The fraction of sp³-hybridized carbons (Fsp3) is 0.151. The van der Waals surface area contributed by atoms with Gasteiger partial charge >= 0.3 is 0 Å². The number of nitrogens with one attached hydrogen (secondary N) is 1. The van der Waals surface area contributed by atoms with Crippen molar-refractivity contribution in [1.82, 2.24) is 14.5 Å². The maximum Gasteiger partial charge on any atom is 0.282 e. The van der Waals surface area contributed by atoms with E-state index in [4.69, 9.17) is 5.73 Å². The zero-order valence-electron chi connectivity index (χ0n) is 32.9. The van der Waals surface area contributed by atoms with Crippen LogP contribution in [0.2, 0.25) is 0 Å². The van der Waals surface area contributed by atoms with Crippen molar-refractivity contribution in [2.75, 3.05) is 6.54 Å². The van der Waals surface area contributed by atoms with E-state index in [2.05, 4.69) is 202 Å². The molecular formula is C53H47N5+2. The number of benzene rings is 6. The Morgan fingerprint density at radius 3 is 2.26 bits per heavy atom. The van der Waals surface area contributed by atoms with Crippen LogP contribution in [-0.4, -0.2) is 32.3 Å². The molecule has 0 spiro atoms. The molecule has 11 rings (SSSR count). The summed E-state index contributed by atoms with van der Waals surface area (Å²) in [6.07, 6.45) is 12.5. The molecule has 5 heteroatoms. The molecule has 8 aromatic rings. The van der Waals surface area contributed by atoms with Crippen molar-refractivity contribution in [2.45, 2.75) is 44.4 Å². The zero-order valence-corrected chi connectivity index (χ0v) is 32.9. The first kappa shape index (κ1) is 34.5. The minimum atomic E-state index is -0.122. The number of hydrogen-bond donors (Lipinski definition) is 2. The smallest absolute Gasteiger partial charge is 0.282 e. The first-order valence-corrected chi connectivity index (χ1v) is 20.7. The van der Waals surface area contributed by atoms with Crippen molar-refractivity contribution in [1.29, 1.82) is 0 Å². The van der Waals surface area contributed by atoms with Crippen molar-refractivity contribution in [2.24, 2.45) is 0 Å². The van der Waals surface area contributed by atoms with E-state index in [1.54, 1.807) is 0 Å². The highest BCUT2D eigenvalue weighted by atomic mass is 15.3. The summed E-state index contributed by atoms with van der Waals surface area (Å²) in [4.78, 5) is 0. The van der Waals surface area contributed by atoms with E-state index in [0.29, 0.717) is 6.04 Å². The Kier molecular flexibility index (Phi) is 8.37. The predicted molar refractivity (Wildman–Crippen MR) is 239 cm³/mol. The average molecular weight is 754 g/mol. The number of quaternary nitrogens is 1. The summed E-state index contributed by atoms with van der Waals surface area (Å²) in [5.41, 5.74) is 20.1. The van der Waals surface area contributed by atoms with Crippen LogP contribution in [0.5, 0.6) is 0 Å². The van der Waals surface area contributed by atoms with Crippen LogP contribution in [0.15, 0.2) is 181 Å². The van der Waals surface area contributed by atoms with Crippen LogP contribution in [0.4, 0.5) is 0 Å². The van der Waals surface area contributed by atoms with E-state index < -0.39 is 0 Å². The maximum atomic E-state index is 4.76. The van der Waals surface area contributed by atoms with E-state index in [1.165, 1.54) is 83.1 Å². The van der Waals surface area contributed by atoms with Gasteiger partial charge in [-0.3, -0.25) is 0 Å². The number of fused-ring (bicyclic) bond motifs is 6. The van der Waals surface area contributed by atoms with Gasteiger partial charge in [-0.05, 0) is 98.0 Å². The Bertz CT molecular complexity index is 3000. The molecule has 0 bridgehead atoms. The lowest BCUT2D eigenvalue weighted by Gasteiger charge is -2.26. The lowest BCUT2D eigenvalue weighted by atomic mass is 9.94. The molecule has 2 aliphatic carbocycles. The summed E-state index contributed by atoms with van der Waals surface area (Å²) < 4.78 is 7.53. The Hall–Kier alpha value is -6.69. The normalized spacial score (nSPS) is 18.9. The lowest BCUT2D eigenvalue weighted by molar-refractivity contribution is -0.417. The van der Waals surface area contributed by atoms with Crippen LogP contribution >= 0.6 is 0 Å². The van der Waals surface area contributed by atoms with Crippen molar-refractivity contribution in [3.05, 3.63) is 203 Å². The van der Waals surface area contributed by atoms with Gasteiger partial charge in [-0.2, -0.15) is 0 Å². The second kappa shape index (κ2) is 14.0. The summed E-state index contributed by atoms with van der Waals surface area (Å²) in [6, 6.07) is 55.8. The lowest BCUT2D eigenvalue weighted by Crippen LogP contribution is -2.70. The fourth-order valence-corrected chi connectivity index (χ4v) is 9.73. The molecular weight excluding hydrogens is 707 g/mol. The summed E-state index contributed by atoms with van der Waals surface area (Å²) in [6.45, 7) is 3.28. The summed E-state index contributed by atoms with van der Waals surface area (Å²) in [7, 11) is 0. The van der Waals surface area contributed by atoms with E-state index in [0.717, 1.165) is 31.6 Å². The predicted octanol–water partition coefficient (Wildman–Crippen LogP) is 10.6. The second-order valence-electron chi connectivity index (χ2n) is 16.2. The van der Waals surface area contributed by atoms with Gasteiger partial charge in [0.1, 0.15) is 6.54 Å². The molecule has 1 aliphatic heterocycles. The van der Waals surface area contributed by atoms with Crippen LogP contribution in [-0.2, 0) is 6.42 Å². The van der Waals surface area contributed by atoms with Crippen LogP contribution in [0.25, 0.3) is 55.6 Å². The average Bonchev–Trinajstić information content (AvgIpc) is 3.91. The van der Waals surface area contributed by atoms with E-state index in [-0.39, 0.29) is 12.2 Å². The quantitative estimate of drug-likeness (QED) is 0.0724. The second-order valence-corrected chi connectivity index (χ2v) is 16.2. The molecule has 4 N–H and O–H groups in total. The standard InChI is InChI=1S/C53H45N5/c1-35-29-40(52(54)55-53(37-17-7-3-8-18-37)56-34-51(56)36-15-5-2-6-16-36)31-42(30-35)58-47-23-13-11-21-43(47)45-27-25-39(33-50(45)58)38-26-28-49-46(32-38)44-22-12-14-24-48(44)57(49)41-19-9-4-10-20-41/h2-12,14-22,24-29,31-33,42,51-52H,13,23,30,34,54H2,1H3/p+2. The first-order chi connectivity index (χ1) is 28.6. The highest BCUT2D eigenvalue weighted by Crippen LogP contribution is 2.41. The number of para-hydroxylation sites is 2. The number of aromatic nitrogens is 2. The molecule has 3 heterocycles. The van der Waals surface area contributed by atoms with Crippen LogP contribution in [0.3, 0.4) is 0 Å². The monoisotopic (exact) mass is 753 g/mol. The molecule has 6 aromatic carbocycles. The topological polar surface area (TPSA) is 52.5 Å². The molecule has 3 atom stereocenters. The highest BCUT2D eigenvalue weighted by molar-refractivity contribution is 6.10. The minimum absolute atomic E-state index is 0.122. The van der Waals surface area contributed by atoms with Gasteiger partial charge < -0.3 is 14.9 Å². The van der Waals surface area contributed by atoms with Gasteiger partial charge in [0, 0.05) is 38.7 Å². The zero-order chi connectivity index (χ0) is 38.7. The van der Waals surface area contributed by atoms with Crippen LogP contribution < -0.4 is 11.1 Å². The Morgan fingerprint density at radius 2 is 1.43 bits per heavy atom. The fourth-order valence-electron chi connectivity index (χ4n) is 9.73. The van der Waals surface area contributed by atoms with Gasteiger partial charge in [-0.1, -0.05) is 121 Å². The third-order valence-electron chi connectivity index (χ3n) is 12.5. The van der Waals surface area contributed by atoms with Gasteiger partial charge in [-0.25, -0.2) is 9.89 Å². The molecule has 58 heavy (non-hydrogen) atoms. The van der Waals surface area contributed by atoms with Crippen molar-refractivity contribution < 1.29 is 10.3 Å². The SMILES string of the molecule is CC1=CC(C([NH3+])NC(c2ccccc2)=[N+]2CC2c2ccccc2)=CC(n2c3c(c4ccc(-c5ccc6c(c5)c5ccccc5n6-c5ccccc5)cc42)C=CCC3)C1. The molecule has 3 aliphatic rings. The Labute approximate surface area is 339 Å². The number of nitrogens with zero attached hydrogens (tertiary/aromatic N) is 3. The molecule has 0 saturated carbocycles. The molecule has 1 fully saturated rings. The van der Waals surface area contributed by atoms with Gasteiger partial charge in [0.05, 0.1) is 33.7 Å². The summed E-state index contributed by atoms with van der Waals surface area (Å²) in [5.74, 6) is 1.14. The summed E-state index contributed by atoms with van der Waals surface area (Å²) in [5, 5.41) is 7.79. The maximum absolute atomic E-state index is 4.76. The Morgan fingerprint density at radius 1 is 0.724 bits per heavy atom. The van der Waals surface area contributed by atoms with Crippen molar-refractivity contribution in [3.63, 3.8) is 0 Å². The van der Waals surface area contributed by atoms with Gasteiger partial charge in [0.2, 0.25) is 6.17 Å². The molecule has 3 unspecified atom stereocenters. The van der Waals surface area contributed by atoms with Crippen molar-refractivity contribution in [3.8, 4) is 16.8 Å². The largest absolute Gasteiger partial charge is 0.337 e. The molecule has 0 radical (unpaired) electrons. The summed E-state index contributed by atoms with van der Waals surface area (Å²) >= 11 is 0. The molecule has 5 nitrogen and oxygen atoms in total. The Balaban J connectivity index is 0.987. The molecule has 0 amide bonds. The minimum Gasteiger partial charge on any atom is -0.337 e. The number of hydrogen-bond acceptors (Lipinski definition) is 0. The first-order valence-electron chi connectivity index (χ1n) is 20.7. The van der Waals surface area contributed by atoms with Crippen LogP contribution in [0, 0.1) is 0 Å². The number of allylic oxidation sites excluding steroid dienone is 3. The molecule has 2 aromatic heterocycles. The molecule has 282 valence electrons. The third kappa shape index (κ3) is 5.93. The van der Waals surface area contributed by atoms with Crippen LogP contribution in [0.1, 0.15) is 54.2 Å². The number of amidine groups is 1. The number of rotatable bonds is 7. The van der Waals surface area contributed by atoms with Gasteiger partial charge in [0.15, 0.2) is 6.04 Å². The van der Waals surface area contributed by atoms with E-state index in [9.17, 15) is 0 Å². The van der Waals surface area contributed by atoms with Gasteiger partial charge in [-0.15, -0.1) is 0 Å². The van der Waals surface area contributed by atoms with Gasteiger partial charge in [0.25, 0.3) is 5.84 Å². The van der Waals surface area contributed by atoms with E-state index in [1.807, 2.05) is 0 Å². The van der Waals surface area contributed by atoms with E-state index >= 15 is 0 Å².